The number of benzene rings is 2. The van der Waals surface area contributed by atoms with Crippen LogP contribution in [0.5, 0.6) is 0 Å². The van der Waals surface area contributed by atoms with E-state index in [1.54, 1.807) is 52.3 Å². The van der Waals surface area contributed by atoms with Gasteiger partial charge in [0.2, 0.25) is 0 Å². The summed E-state index contributed by atoms with van der Waals surface area (Å²) in [6.07, 6.45) is 4.25. The highest BCUT2D eigenvalue weighted by Gasteiger charge is 2.47. The molecule has 228 valence electrons. The van der Waals surface area contributed by atoms with Gasteiger partial charge in [-0.1, -0.05) is 24.3 Å². The number of aromatic nitrogens is 4. The predicted octanol–water partition coefficient (Wildman–Crippen LogP) is 6.35. The van der Waals surface area contributed by atoms with Crippen molar-refractivity contribution in [3.8, 4) is 11.1 Å². The normalized spacial score (nSPS) is 16.6. The SMILES string of the molecule is Cn1ncc2cc(-c3c(Br)n(S(=O)(=O)c4ccccc4)c4ncc5c(c34)C3(CCN(C(=O)OC(C)(C)C)CC3)OC5)ccc21. The standard InChI is InChI=1S/C32H32BrN5O5S/c1-31(2,3)43-30(39)37-14-12-32(13-15-37)27-22(19-42-32)17-34-29-26(27)25(20-10-11-24-21(16-20)18-35-36(24)4)28(33)38(29)44(40,41)23-8-6-5-7-9-23/h5-11,16-18H,12-15,19H2,1-4H3. The van der Waals surface area contributed by atoms with Crippen LogP contribution in [0.15, 0.2) is 70.4 Å². The Morgan fingerprint density at radius 2 is 1.80 bits per heavy atom. The second-order valence-electron chi connectivity index (χ2n) is 12.4. The summed E-state index contributed by atoms with van der Waals surface area (Å²) in [5, 5.41) is 6.05. The van der Waals surface area contributed by atoms with E-state index in [0.717, 1.165) is 33.0 Å². The Hall–Kier alpha value is -3.74. The molecule has 0 saturated carbocycles. The maximum absolute atomic E-state index is 14.2. The van der Waals surface area contributed by atoms with Gasteiger partial charge in [0, 0.05) is 53.8 Å². The van der Waals surface area contributed by atoms with Gasteiger partial charge in [-0.3, -0.25) is 4.68 Å². The number of carbonyl (C=O) groups is 1. The van der Waals surface area contributed by atoms with Crippen molar-refractivity contribution in [2.45, 2.75) is 56.3 Å². The van der Waals surface area contributed by atoms with Crippen LogP contribution in [0, 0.1) is 0 Å². The minimum Gasteiger partial charge on any atom is -0.444 e. The number of ether oxygens (including phenoxy) is 2. The zero-order valence-electron chi connectivity index (χ0n) is 24.9. The Labute approximate surface area is 263 Å². The number of nitrogens with zero attached hydrogens (tertiary/aromatic N) is 5. The Kier molecular flexibility index (Phi) is 6.69. The maximum atomic E-state index is 14.2. The number of carbonyl (C=O) groups excluding carboxylic acids is 1. The number of halogens is 1. The van der Waals surface area contributed by atoms with E-state index in [4.69, 9.17) is 14.5 Å². The fourth-order valence-electron chi connectivity index (χ4n) is 6.42. The van der Waals surface area contributed by atoms with Gasteiger partial charge in [-0.15, -0.1) is 0 Å². The molecule has 0 bridgehead atoms. The zero-order chi connectivity index (χ0) is 31.0. The van der Waals surface area contributed by atoms with E-state index in [1.165, 1.54) is 3.97 Å². The molecule has 0 N–H and O–H groups in total. The van der Waals surface area contributed by atoms with Gasteiger partial charge < -0.3 is 14.4 Å². The molecule has 2 aromatic carbocycles. The van der Waals surface area contributed by atoms with E-state index < -0.39 is 21.2 Å². The third-order valence-electron chi connectivity index (χ3n) is 8.46. The molecule has 7 rings (SSSR count). The molecular formula is C32H32BrN5O5S. The van der Waals surface area contributed by atoms with Crippen LogP contribution >= 0.6 is 15.9 Å². The summed E-state index contributed by atoms with van der Waals surface area (Å²) < 4.78 is 44.1. The molecule has 1 saturated heterocycles. The summed E-state index contributed by atoms with van der Waals surface area (Å²) in [6, 6.07) is 14.3. The molecule has 0 aliphatic carbocycles. The van der Waals surface area contributed by atoms with Crippen LogP contribution in [0.4, 0.5) is 4.79 Å². The highest BCUT2D eigenvalue weighted by atomic mass is 79.9. The Bertz CT molecular complexity index is 2060. The van der Waals surface area contributed by atoms with Crippen LogP contribution in [0.1, 0.15) is 44.7 Å². The quantitative estimate of drug-likeness (QED) is 0.219. The first-order valence-corrected chi connectivity index (χ1v) is 16.7. The monoisotopic (exact) mass is 677 g/mol. The van der Waals surface area contributed by atoms with Gasteiger partial charge in [0.05, 0.1) is 28.8 Å². The third kappa shape index (κ3) is 4.53. The van der Waals surface area contributed by atoms with Crippen LogP contribution in [-0.4, -0.2) is 56.8 Å². The van der Waals surface area contributed by atoms with Gasteiger partial charge in [0.15, 0.2) is 5.65 Å². The number of piperidine rings is 1. The lowest BCUT2D eigenvalue weighted by Gasteiger charge is -2.39. The largest absolute Gasteiger partial charge is 0.444 e. The van der Waals surface area contributed by atoms with E-state index in [9.17, 15) is 13.2 Å². The number of hydrogen-bond donors (Lipinski definition) is 0. The zero-order valence-corrected chi connectivity index (χ0v) is 27.3. The lowest BCUT2D eigenvalue weighted by Crippen LogP contribution is -2.46. The number of hydrogen-bond acceptors (Lipinski definition) is 7. The molecule has 0 radical (unpaired) electrons. The molecule has 1 spiro atoms. The molecule has 2 aliphatic heterocycles. The molecule has 10 nitrogen and oxygen atoms in total. The first-order chi connectivity index (χ1) is 20.9. The summed E-state index contributed by atoms with van der Waals surface area (Å²) in [6.45, 7) is 6.80. The molecule has 44 heavy (non-hydrogen) atoms. The highest BCUT2D eigenvalue weighted by molar-refractivity contribution is 9.10. The average Bonchev–Trinajstić information content (AvgIpc) is 3.63. The molecule has 12 heteroatoms. The fraction of sp³-hybridized carbons (Fsp3) is 0.344. The van der Waals surface area contributed by atoms with Crippen molar-refractivity contribution in [2.75, 3.05) is 13.1 Å². The number of pyridine rings is 1. The van der Waals surface area contributed by atoms with Crippen molar-refractivity contribution in [1.82, 2.24) is 23.6 Å². The smallest absolute Gasteiger partial charge is 0.410 e. The second kappa shape index (κ2) is 10.1. The molecule has 1 amide bonds. The Morgan fingerprint density at radius 3 is 2.50 bits per heavy atom. The molecule has 5 aromatic rings. The lowest BCUT2D eigenvalue weighted by molar-refractivity contribution is -0.0790. The Morgan fingerprint density at radius 1 is 1.07 bits per heavy atom. The summed E-state index contributed by atoms with van der Waals surface area (Å²) in [4.78, 5) is 19.5. The van der Waals surface area contributed by atoms with Crippen LogP contribution in [-0.2, 0) is 38.8 Å². The van der Waals surface area contributed by atoms with E-state index in [2.05, 4.69) is 21.0 Å². The van der Waals surface area contributed by atoms with E-state index >= 15 is 0 Å². The fourth-order valence-corrected chi connectivity index (χ4v) is 8.97. The first-order valence-electron chi connectivity index (χ1n) is 14.5. The minimum atomic E-state index is -4.04. The molecule has 0 unspecified atom stereocenters. The third-order valence-corrected chi connectivity index (χ3v) is 11.2. The molecule has 2 aliphatic rings. The van der Waals surface area contributed by atoms with Gasteiger partial charge in [-0.05, 0) is 79.4 Å². The number of rotatable bonds is 3. The van der Waals surface area contributed by atoms with Crippen LogP contribution in [0.25, 0.3) is 33.1 Å². The minimum absolute atomic E-state index is 0.158. The van der Waals surface area contributed by atoms with Crippen molar-refractivity contribution in [3.63, 3.8) is 0 Å². The van der Waals surface area contributed by atoms with Crippen molar-refractivity contribution in [1.29, 1.82) is 0 Å². The molecule has 1 fully saturated rings. The predicted molar refractivity (Wildman–Crippen MR) is 170 cm³/mol. The van der Waals surface area contributed by atoms with Gasteiger partial charge in [0.1, 0.15) is 10.2 Å². The maximum Gasteiger partial charge on any atom is 0.410 e. The van der Waals surface area contributed by atoms with Gasteiger partial charge in [-0.2, -0.15) is 5.10 Å². The van der Waals surface area contributed by atoms with Crippen molar-refractivity contribution in [3.05, 3.63) is 76.7 Å². The van der Waals surface area contributed by atoms with E-state index in [0.29, 0.717) is 48.4 Å². The number of aryl methyl sites for hydroxylation is 1. The number of likely N-dealkylation sites (tertiary alicyclic amines) is 1. The van der Waals surface area contributed by atoms with E-state index in [1.807, 2.05) is 46.0 Å². The summed E-state index contributed by atoms with van der Waals surface area (Å²) in [7, 11) is -2.15. The second-order valence-corrected chi connectivity index (χ2v) is 14.9. The van der Waals surface area contributed by atoms with Gasteiger partial charge >= 0.3 is 6.09 Å². The molecule has 5 heterocycles. The van der Waals surface area contributed by atoms with Gasteiger partial charge in [-0.25, -0.2) is 22.2 Å². The van der Waals surface area contributed by atoms with Gasteiger partial charge in [0.25, 0.3) is 10.0 Å². The van der Waals surface area contributed by atoms with Crippen molar-refractivity contribution >= 4 is 54.0 Å². The molecule has 3 aromatic heterocycles. The van der Waals surface area contributed by atoms with Crippen molar-refractivity contribution < 1.29 is 22.7 Å². The van der Waals surface area contributed by atoms with E-state index in [-0.39, 0.29) is 11.0 Å². The molecule has 0 atom stereocenters. The van der Waals surface area contributed by atoms with Crippen LogP contribution in [0.2, 0.25) is 0 Å². The first kappa shape index (κ1) is 29.0. The lowest BCUT2D eigenvalue weighted by atomic mass is 9.81. The number of amides is 1. The average molecular weight is 679 g/mol. The molecular weight excluding hydrogens is 646 g/mol. The summed E-state index contributed by atoms with van der Waals surface area (Å²) >= 11 is 3.72. The summed E-state index contributed by atoms with van der Waals surface area (Å²) in [5.41, 5.74) is 3.35. The van der Waals surface area contributed by atoms with Crippen LogP contribution < -0.4 is 0 Å². The summed E-state index contributed by atoms with van der Waals surface area (Å²) in [5.74, 6) is 0. The topological polar surface area (TPSA) is 109 Å². The van der Waals surface area contributed by atoms with Crippen LogP contribution in [0.3, 0.4) is 0 Å². The highest BCUT2D eigenvalue weighted by Crippen LogP contribution is 2.52. The van der Waals surface area contributed by atoms with Crippen molar-refractivity contribution in [2.24, 2.45) is 7.05 Å². The Balaban J connectivity index is 1.44. The number of fused-ring (bicyclic) bond motifs is 5.